The van der Waals surface area contributed by atoms with Gasteiger partial charge in [0.15, 0.2) is 0 Å². The number of nitrogens with zero attached hydrogens (tertiary/aromatic N) is 3. The number of nitro groups is 1. The average Bonchev–Trinajstić information content (AvgIpc) is 2.20. The predicted octanol–water partition coefficient (Wildman–Crippen LogP) is 1.29. The minimum absolute atomic E-state index is 0. The maximum Gasteiger partial charge on any atom is 0.294 e. The summed E-state index contributed by atoms with van der Waals surface area (Å²) in [7, 11) is -4.36. The van der Waals surface area contributed by atoms with Gasteiger partial charge in [-0.15, -0.1) is 12.4 Å². The van der Waals surface area contributed by atoms with Crippen LogP contribution in [-0.2, 0) is 10.1 Å². The monoisotopic (exact) mass is 267 g/mol. The molecule has 0 aliphatic rings. The fourth-order valence-corrected chi connectivity index (χ4v) is 1.28. The molecule has 0 heterocycles. The Morgan fingerprint density at radius 2 is 1.81 bits per heavy atom. The summed E-state index contributed by atoms with van der Waals surface area (Å²) in [4.78, 5) is 8.98. The van der Waals surface area contributed by atoms with Gasteiger partial charge in [-0.05, 0) is 6.07 Å². The Balaban J connectivity index is 0. The fraction of sp³-hybridized carbons (Fsp3) is 0. The molecule has 0 amide bonds. The molecule has 0 fully saturated rings. The second kappa shape index (κ2) is 6.67. The van der Waals surface area contributed by atoms with Crippen molar-refractivity contribution in [3.05, 3.63) is 34.4 Å². The largest absolute Gasteiger partial charge is 0.294 e. The number of rotatable bonds is 2. The van der Waals surface area contributed by atoms with Gasteiger partial charge in [0.1, 0.15) is 4.90 Å². The SMILES string of the molecule is Cl.N#N.O=[N+]([O-])c1cccc(S(=O)(=O)O)c1. The molecule has 0 unspecified atom stereocenters. The maximum absolute atomic E-state index is 10.5. The van der Waals surface area contributed by atoms with Crippen LogP contribution in [-0.4, -0.2) is 17.9 Å². The second-order valence-corrected chi connectivity index (χ2v) is 3.65. The highest BCUT2D eigenvalue weighted by Crippen LogP contribution is 2.16. The summed E-state index contributed by atoms with van der Waals surface area (Å²) in [6.45, 7) is 0. The van der Waals surface area contributed by atoms with Gasteiger partial charge >= 0.3 is 0 Å². The number of nitro benzene ring substituents is 1. The molecule has 0 aromatic heterocycles. The van der Waals surface area contributed by atoms with E-state index in [9.17, 15) is 18.5 Å². The first-order valence-corrected chi connectivity index (χ1v) is 4.77. The van der Waals surface area contributed by atoms with Crippen molar-refractivity contribution in [3.63, 3.8) is 0 Å². The molecular weight excluding hydrogens is 262 g/mol. The molecule has 88 valence electrons. The molecule has 0 aliphatic carbocycles. The minimum atomic E-state index is -4.36. The lowest BCUT2D eigenvalue weighted by Crippen LogP contribution is -1.98. The highest BCUT2D eigenvalue weighted by Gasteiger charge is 2.13. The lowest BCUT2D eigenvalue weighted by Gasteiger charge is -1.95. The number of benzene rings is 1. The molecule has 1 aromatic carbocycles. The van der Waals surface area contributed by atoms with Crippen LogP contribution >= 0.6 is 12.4 Å². The Morgan fingerprint density at radius 1 is 1.31 bits per heavy atom. The number of hydrogen-bond donors (Lipinski definition) is 1. The molecule has 0 atom stereocenters. The van der Waals surface area contributed by atoms with E-state index in [0.717, 1.165) is 18.2 Å². The van der Waals surface area contributed by atoms with Crippen molar-refractivity contribution >= 4 is 28.2 Å². The molecule has 0 bridgehead atoms. The van der Waals surface area contributed by atoms with Crippen LogP contribution in [0.5, 0.6) is 0 Å². The topological polar surface area (TPSA) is 145 Å². The van der Waals surface area contributed by atoms with Crippen molar-refractivity contribution in [1.82, 2.24) is 0 Å². The normalized spacial score (nSPS) is 9.19. The van der Waals surface area contributed by atoms with Crippen molar-refractivity contribution in [3.8, 4) is 0 Å². The molecule has 1 rings (SSSR count). The first kappa shape index (κ1) is 16.7. The smallest absolute Gasteiger partial charge is 0.282 e. The van der Waals surface area contributed by atoms with E-state index in [1.54, 1.807) is 0 Å². The van der Waals surface area contributed by atoms with Crippen molar-refractivity contribution in [2.75, 3.05) is 0 Å². The number of non-ortho nitro benzene ring substituents is 1. The van der Waals surface area contributed by atoms with E-state index in [-0.39, 0.29) is 18.1 Å². The zero-order valence-electron chi connectivity index (χ0n) is 7.55. The summed E-state index contributed by atoms with van der Waals surface area (Å²) < 4.78 is 29.6. The number of halogens is 1. The van der Waals surface area contributed by atoms with Crippen LogP contribution in [0.1, 0.15) is 0 Å². The first-order valence-electron chi connectivity index (χ1n) is 3.33. The van der Waals surface area contributed by atoms with Crippen LogP contribution in [0, 0.1) is 20.9 Å². The summed E-state index contributed by atoms with van der Waals surface area (Å²) in [5.74, 6) is 0. The van der Waals surface area contributed by atoms with E-state index < -0.39 is 19.9 Å². The Bertz CT molecular complexity index is 486. The fourth-order valence-electron chi connectivity index (χ4n) is 0.758. The third kappa shape index (κ3) is 4.65. The Hall–Kier alpha value is -1.76. The van der Waals surface area contributed by atoms with Gasteiger partial charge in [-0.25, -0.2) is 0 Å². The van der Waals surface area contributed by atoms with Crippen molar-refractivity contribution in [2.24, 2.45) is 0 Å². The second-order valence-electron chi connectivity index (χ2n) is 2.23. The van der Waals surface area contributed by atoms with Gasteiger partial charge in [-0.1, -0.05) is 6.07 Å². The van der Waals surface area contributed by atoms with Crippen molar-refractivity contribution in [1.29, 1.82) is 10.8 Å². The van der Waals surface area contributed by atoms with Gasteiger partial charge in [-0.2, -0.15) is 8.42 Å². The van der Waals surface area contributed by atoms with Crippen LogP contribution < -0.4 is 0 Å². The van der Waals surface area contributed by atoms with Gasteiger partial charge in [0.05, 0.1) is 4.92 Å². The Kier molecular flexibility index (Phi) is 6.95. The Labute approximate surface area is 96.6 Å². The molecule has 0 radical (unpaired) electrons. The summed E-state index contributed by atoms with van der Waals surface area (Å²) in [5.41, 5.74) is -0.380. The van der Waals surface area contributed by atoms with E-state index in [2.05, 4.69) is 0 Å². The summed E-state index contributed by atoms with van der Waals surface area (Å²) >= 11 is 0. The van der Waals surface area contributed by atoms with E-state index in [0.29, 0.717) is 0 Å². The third-order valence-corrected chi connectivity index (χ3v) is 2.18. The van der Waals surface area contributed by atoms with E-state index in [1.165, 1.54) is 6.07 Å². The molecule has 0 spiro atoms. The molecule has 0 saturated heterocycles. The molecule has 1 N–H and O–H groups in total. The van der Waals surface area contributed by atoms with E-state index in [4.69, 9.17) is 15.3 Å². The molecule has 0 saturated carbocycles. The zero-order valence-corrected chi connectivity index (χ0v) is 9.18. The van der Waals surface area contributed by atoms with E-state index in [1.807, 2.05) is 0 Å². The standard InChI is InChI=1S/C6H5NO5S.ClH.N2/c8-7(9)5-2-1-3-6(4-5)13(10,11)12;;1-2/h1-4H,(H,10,11,12);1H;. The molecule has 0 aliphatic heterocycles. The molecule has 8 nitrogen and oxygen atoms in total. The van der Waals surface area contributed by atoms with Crippen LogP contribution in [0.4, 0.5) is 5.69 Å². The van der Waals surface area contributed by atoms with Crippen molar-refractivity contribution in [2.45, 2.75) is 4.90 Å². The highest BCUT2D eigenvalue weighted by atomic mass is 35.5. The first-order chi connectivity index (χ1) is 6.91. The molecule has 10 heteroatoms. The van der Waals surface area contributed by atoms with Crippen molar-refractivity contribution < 1.29 is 17.9 Å². The zero-order chi connectivity index (χ0) is 12.1. The lowest BCUT2D eigenvalue weighted by atomic mass is 10.3. The summed E-state index contributed by atoms with van der Waals surface area (Å²) in [6, 6.07) is 4.17. The third-order valence-electron chi connectivity index (χ3n) is 1.33. The molecule has 16 heavy (non-hydrogen) atoms. The minimum Gasteiger partial charge on any atom is -0.282 e. The van der Waals surface area contributed by atoms with Gasteiger partial charge < -0.3 is 0 Å². The summed E-state index contributed by atoms with van der Waals surface area (Å²) in [6.07, 6.45) is 0. The quantitative estimate of drug-likeness (QED) is 0.367. The highest BCUT2D eigenvalue weighted by molar-refractivity contribution is 7.85. The van der Waals surface area contributed by atoms with Gasteiger partial charge in [-0.3, -0.25) is 14.7 Å². The van der Waals surface area contributed by atoms with Gasteiger partial charge in [0.2, 0.25) is 0 Å². The average molecular weight is 268 g/mol. The van der Waals surface area contributed by atoms with E-state index >= 15 is 0 Å². The van der Waals surface area contributed by atoms with Crippen LogP contribution in [0.2, 0.25) is 0 Å². The van der Waals surface area contributed by atoms with Crippen LogP contribution in [0.15, 0.2) is 29.2 Å². The lowest BCUT2D eigenvalue weighted by molar-refractivity contribution is -0.385. The van der Waals surface area contributed by atoms with Crippen LogP contribution in [0.25, 0.3) is 0 Å². The number of hydrogen-bond acceptors (Lipinski definition) is 6. The summed E-state index contributed by atoms with van der Waals surface area (Å²) in [5, 5.41) is 22.2. The molecule has 1 aromatic rings. The van der Waals surface area contributed by atoms with Gasteiger partial charge in [0.25, 0.3) is 15.8 Å². The van der Waals surface area contributed by atoms with Crippen LogP contribution in [0.3, 0.4) is 0 Å². The Morgan fingerprint density at radius 3 is 2.19 bits per heavy atom. The molecular formula is C6H6ClN3O5S. The van der Waals surface area contributed by atoms with Gasteiger partial charge in [0, 0.05) is 22.9 Å². The maximum atomic E-state index is 10.5. The predicted molar refractivity (Wildman–Crippen MR) is 53.6 cm³/mol.